The second kappa shape index (κ2) is 6.67. The van der Waals surface area contributed by atoms with Gasteiger partial charge in [0.25, 0.3) is 0 Å². The molecule has 0 radical (unpaired) electrons. The minimum absolute atomic E-state index is 0. The number of nitrogens with zero attached hydrogens (tertiary/aromatic N) is 2. The molecule has 0 spiro atoms. The third-order valence-electron chi connectivity index (χ3n) is 5.75. The first kappa shape index (κ1) is 22.1. The molecule has 144 valence electrons. The lowest BCUT2D eigenvalue weighted by Gasteiger charge is -2.55. The van der Waals surface area contributed by atoms with Crippen molar-refractivity contribution >= 4 is 12.4 Å². The summed E-state index contributed by atoms with van der Waals surface area (Å²) in [5, 5.41) is 27.8. The first-order valence-electron chi connectivity index (χ1n) is 8.92. The fourth-order valence-electron chi connectivity index (χ4n) is 5.11. The van der Waals surface area contributed by atoms with E-state index in [0.29, 0.717) is 12.1 Å². The van der Waals surface area contributed by atoms with E-state index < -0.39 is 0 Å². The summed E-state index contributed by atoms with van der Waals surface area (Å²) in [6.07, 6.45) is 3.69. The largest absolute Gasteiger partial charge is 0.313 e. The Hall–Kier alpha value is 0.0900. The molecule has 0 unspecified atom stereocenters. The predicted molar refractivity (Wildman–Crippen MR) is 100.0 cm³/mol. The normalized spacial score (nSPS) is 30.8. The first-order valence-corrected chi connectivity index (χ1v) is 8.92. The lowest BCUT2D eigenvalue weighted by Crippen LogP contribution is -2.66. The van der Waals surface area contributed by atoms with Crippen molar-refractivity contribution in [1.82, 2.24) is 15.4 Å². The Labute approximate surface area is 154 Å². The number of halogens is 1. The lowest BCUT2D eigenvalue weighted by molar-refractivity contribution is -0.254. The quantitative estimate of drug-likeness (QED) is 0.696. The Morgan fingerprint density at radius 3 is 1.04 bits per heavy atom. The molecule has 2 fully saturated rings. The Balaban J connectivity index is 0.00000288. The van der Waals surface area contributed by atoms with Crippen molar-refractivity contribution in [2.24, 2.45) is 0 Å². The number of hydrogen-bond donors (Lipinski definition) is 3. The SMILES string of the molecule is CC1(C)CC(NC2CC(C)(C)N(O)C(C)(C)C2)CC(C)(C)N1O.Cl. The van der Waals surface area contributed by atoms with Crippen LogP contribution < -0.4 is 5.32 Å². The van der Waals surface area contributed by atoms with Crippen LogP contribution in [0.1, 0.15) is 81.1 Å². The van der Waals surface area contributed by atoms with Crippen molar-refractivity contribution in [2.45, 2.75) is 115 Å². The van der Waals surface area contributed by atoms with Crippen molar-refractivity contribution in [3.63, 3.8) is 0 Å². The number of hydrogen-bond acceptors (Lipinski definition) is 5. The van der Waals surface area contributed by atoms with E-state index in [1.807, 2.05) is 0 Å². The standard InChI is InChI=1S/C18H37N3O2.ClH/c1-15(2)9-13(10-16(3,4)20(15)22)19-14-11-17(5,6)21(23)18(7,8)12-14;/h13-14,19,22-23H,9-12H2,1-8H3;1H. The highest BCUT2D eigenvalue weighted by atomic mass is 35.5. The molecule has 0 amide bonds. The van der Waals surface area contributed by atoms with Gasteiger partial charge in [0.05, 0.1) is 0 Å². The van der Waals surface area contributed by atoms with Crippen LogP contribution in [0, 0.1) is 0 Å². The number of nitrogens with one attached hydrogen (secondary N) is 1. The molecule has 0 aromatic heterocycles. The van der Waals surface area contributed by atoms with Crippen LogP contribution in [0.5, 0.6) is 0 Å². The number of hydroxylamine groups is 4. The van der Waals surface area contributed by atoms with Crippen molar-refractivity contribution in [1.29, 1.82) is 0 Å². The molecule has 0 atom stereocenters. The van der Waals surface area contributed by atoms with Gasteiger partial charge in [0.15, 0.2) is 0 Å². The lowest BCUT2D eigenvalue weighted by atomic mass is 9.76. The van der Waals surface area contributed by atoms with Gasteiger partial charge in [0.1, 0.15) is 0 Å². The van der Waals surface area contributed by atoms with Gasteiger partial charge in [0.2, 0.25) is 0 Å². The molecule has 2 saturated heterocycles. The molecule has 5 nitrogen and oxygen atoms in total. The maximum Gasteiger partial charge on any atom is 0.0425 e. The Kier molecular flexibility index (Phi) is 6.15. The van der Waals surface area contributed by atoms with Gasteiger partial charge in [-0.1, -0.05) is 0 Å². The maximum atomic E-state index is 10.5. The molecule has 0 aromatic carbocycles. The van der Waals surface area contributed by atoms with Crippen LogP contribution in [-0.2, 0) is 0 Å². The smallest absolute Gasteiger partial charge is 0.0425 e. The van der Waals surface area contributed by atoms with Gasteiger partial charge in [-0.3, -0.25) is 0 Å². The minimum Gasteiger partial charge on any atom is -0.313 e. The minimum atomic E-state index is -0.234. The molecule has 0 saturated carbocycles. The van der Waals surface area contributed by atoms with E-state index in [9.17, 15) is 10.4 Å². The van der Waals surface area contributed by atoms with Crippen LogP contribution in [0.4, 0.5) is 0 Å². The second-order valence-corrected chi connectivity index (χ2v) is 10.3. The van der Waals surface area contributed by atoms with Gasteiger partial charge in [-0.05, 0) is 81.1 Å². The average molecular weight is 364 g/mol. The van der Waals surface area contributed by atoms with Crippen LogP contribution >= 0.6 is 12.4 Å². The molecule has 2 aliphatic rings. The summed E-state index contributed by atoms with van der Waals surface area (Å²) >= 11 is 0. The number of rotatable bonds is 2. The van der Waals surface area contributed by atoms with Crippen molar-refractivity contribution in [3.8, 4) is 0 Å². The Morgan fingerprint density at radius 1 is 0.625 bits per heavy atom. The first-order chi connectivity index (χ1) is 10.2. The fourth-order valence-corrected chi connectivity index (χ4v) is 5.11. The zero-order chi connectivity index (χ0) is 17.8. The molecular formula is C18H38ClN3O2. The molecule has 6 heteroatoms. The van der Waals surface area contributed by atoms with E-state index in [2.05, 4.69) is 60.7 Å². The van der Waals surface area contributed by atoms with Gasteiger partial charge in [0, 0.05) is 34.2 Å². The van der Waals surface area contributed by atoms with E-state index in [1.54, 1.807) is 0 Å². The summed E-state index contributed by atoms with van der Waals surface area (Å²) in [4.78, 5) is 0. The summed E-state index contributed by atoms with van der Waals surface area (Å²) in [6.45, 7) is 16.8. The van der Waals surface area contributed by atoms with Crippen molar-refractivity contribution in [2.75, 3.05) is 0 Å². The van der Waals surface area contributed by atoms with Crippen molar-refractivity contribution < 1.29 is 10.4 Å². The molecule has 24 heavy (non-hydrogen) atoms. The highest BCUT2D eigenvalue weighted by molar-refractivity contribution is 5.85. The predicted octanol–water partition coefficient (Wildman–Crippen LogP) is 3.82. The molecule has 0 aliphatic carbocycles. The monoisotopic (exact) mass is 363 g/mol. The van der Waals surface area contributed by atoms with Crippen LogP contribution in [0.2, 0.25) is 0 Å². The van der Waals surface area contributed by atoms with E-state index in [1.165, 1.54) is 10.1 Å². The third kappa shape index (κ3) is 4.25. The molecule has 2 heterocycles. The summed E-state index contributed by atoms with van der Waals surface area (Å²) in [7, 11) is 0. The molecule has 0 bridgehead atoms. The molecule has 3 N–H and O–H groups in total. The van der Waals surface area contributed by atoms with Crippen LogP contribution in [0.15, 0.2) is 0 Å². The third-order valence-corrected chi connectivity index (χ3v) is 5.75. The average Bonchev–Trinajstić information content (AvgIpc) is 2.31. The zero-order valence-electron chi connectivity index (χ0n) is 16.7. The Morgan fingerprint density at radius 2 is 0.833 bits per heavy atom. The molecule has 2 rings (SSSR count). The zero-order valence-corrected chi connectivity index (χ0v) is 17.5. The summed E-state index contributed by atoms with van der Waals surface area (Å²) in [6, 6.07) is 0.760. The maximum absolute atomic E-state index is 10.5. The van der Waals surface area contributed by atoms with Crippen LogP contribution in [0.25, 0.3) is 0 Å². The topological polar surface area (TPSA) is 59.0 Å². The van der Waals surface area contributed by atoms with Crippen LogP contribution in [-0.4, -0.2) is 54.8 Å². The Bertz CT molecular complexity index is 376. The van der Waals surface area contributed by atoms with Gasteiger partial charge in [-0.2, -0.15) is 10.1 Å². The highest BCUT2D eigenvalue weighted by Crippen LogP contribution is 2.40. The van der Waals surface area contributed by atoms with E-state index in [0.717, 1.165) is 25.7 Å². The van der Waals surface area contributed by atoms with Gasteiger partial charge >= 0.3 is 0 Å². The molecule has 0 aromatic rings. The van der Waals surface area contributed by atoms with Gasteiger partial charge in [-0.15, -0.1) is 12.4 Å². The fraction of sp³-hybridized carbons (Fsp3) is 1.00. The van der Waals surface area contributed by atoms with Crippen LogP contribution in [0.3, 0.4) is 0 Å². The van der Waals surface area contributed by atoms with E-state index >= 15 is 0 Å². The van der Waals surface area contributed by atoms with Crippen molar-refractivity contribution in [3.05, 3.63) is 0 Å². The molecule has 2 aliphatic heterocycles. The van der Waals surface area contributed by atoms with E-state index in [4.69, 9.17) is 0 Å². The van der Waals surface area contributed by atoms with Gasteiger partial charge in [-0.25, -0.2) is 0 Å². The molecular weight excluding hydrogens is 326 g/mol. The number of piperidine rings is 2. The van der Waals surface area contributed by atoms with Gasteiger partial charge < -0.3 is 15.7 Å². The van der Waals surface area contributed by atoms with E-state index in [-0.39, 0.29) is 34.6 Å². The summed E-state index contributed by atoms with van der Waals surface area (Å²) < 4.78 is 0. The highest BCUT2D eigenvalue weighted by Gasteiger charge is 2.48. The second-order valence-electron chi connectivity index (χ2n) is 10.3. The summed E-state index contributed by atoms with van der Waals surface area (Å²) in [5.41, 5.74) is -0.936. The summed E-state index contributed by atoms with van der Waals surface area (Å²) in [5.74, 6) is 0.